The molecule has 24 saturated carbocycles. The molecule has 148 heavy (non-hydrogen) atoms. The van der Waals surface area contributed by atoms with Gasteiger partial charge in [-0.1, -0.05) is 129 Å². The summed E-state index contributed by atoms with van der Waals surface area (Å²) in [6.45, 7) is 48.5. The van der Waals surface area contributed by atoms with E-state index >= 15 is 0 Å². The molecule has 0 aromatic carbocycles. The summed E-state index contributed by atoms with van der Waals surface area (Å²) in [7, 11) is 0. The lowest BCUT2D eigenvalue weighted by Gasteiger charge is -2.61. The Morgan fingerprint density at radius 3 is 0.703 bits per heavy atom. The van der Waals surface area contributed by atoms with Crippen LogP contribution in [0.15, 0.2) is 24.8 Å². The highest BCUT2D eigenvalue weighted by Crippen LogP contribution is 2.77. The lowest BCUT2D eigenvalue weighted by atomic mass is 9.43. The van der Waals surface area contributed by atoms with Crippen LogP contribution in [0.2, 0.25) is 0 Å². The van der Waals surface area contributed by atoms with Gasteiger partial charge in [0.25, 0.3) is 0 Å². The van der Waals surface area contributed by atoms with Crippen LogP contribution in [0.25, 0.3) is 0 Å². The van der Waals surface area contributed by atoms with Crippen molar-refractivity contribution in [2.75, 3.05) is 0 Å². The number of aliphatic hydroxyl groups is 6. The molecular weight excluding hydrogens is 1830 g/mol. The fraction of sp³-hybridized carbons (Fsp3) is 0.926. The van der Waals surface area contributed by atoms with Crippen LogP contribution in [0.3, 0.4) is 0 Å². The Kier molecular flexibility index (Phi) is 34.6. The molecule has 0 saturated heterocycles. The molecule has 0 spiro atoms. The molecule has 0 amide bonds. The number of carbonyl (C=O) groups is 6. The van der Waals surface area contributed by atoms with Crippen molar-refractivity contribution < 1.29 is 59.4 Å². The molecule has 0 aliphatic heterocycles. The molecule has 12 nitrogen and oxygen atoms in total. The molecule has 840 valence electrons. The zero-order valence-corrected chi connectivity index (χ0v) is 96.3. The second-order valence-electron chi connectivity index (χ2n) is 60.2. The Morgan fingerprint density at radius 2 is 0.466 bits per heavy atom. The molecule has 0 aromatic rings. The van der Waals surface area contributed by atoms with Crippen LogP contribution in [-0.4, -0.2) is 102 Å². The van der Waals surface area contributed by atoms with Gasteiger partial charge in [0.1, 0.15) is 34.7 Å². The third kappa shape index (κ3) is 18.4. The minimum Gasteiger partial charge on any atom is -0.393 e. The van der Waals surface area contributed by atoms with Crippen molar-refractivity contribution in [3.63, 3.8) is 0 Å². The SMILES string of the molecule is C.C.C=C(C)[C@H]1CC[C@H]2[C@@H]3CC[C@H]4C[C@H](O)CC[C@]4(C)[C@H]3CC[C@]12C(C)=O.C=C[C@H]1CC[C@H]2[C@@H]3CC[C@H]4C[C@H](O)CC[C@]4(C)[C@H]3CC[C@]12C(C)=O.CC(=O)[C@]12CC[C@H]3[C@@H](CC[C@H]4C[C@H](O)CC[C@@]43C)[C@@H]1CC[C@@H]2C(C)C.CC[C@H]1CC[C@H]2[C@@H]3CC[C@H]4C[C@H](O)CC[C@]4(C)[C@H]3CC[C@]12C(C)=O.CC[C@H]1CC[C@H]2[C@@H]3CC[C@H]4C[C@H](O)CC[C@]4(C)[C@H]3CC[C@]12C(C)=O.CC[C@H]1CC[C@H]2[C@@H]3CC[C@H]4C[C@H](O)CC[C@]4(C)[C@H]3CC[C@]12C(C)=O. The van der Waals surface area contributed by atoms with Crippen LogP contribution >= 0.6 is 0 Å². The molecule has 24 aliphatic carbocycles. The van der Waals surface area contributed by atoms with Gasteiger partial charge in [-0.25, -0.2) is 0 Å². The van der Waals surface area contributed by atoms with Gasteiger partial charge in [0.2, 0.25) is 0 Å². The van der Waals surface area contributed by atoms with Gasteiger partial charge in [0.05, 0.1) is 36.6 Å². The normalized spacial score (nSPS) is 52.5. The van der Waals surface area contributed by atoms with Crippen molar-refractivity contribution in [1.29, 1.82) is 0 Å². The fourth-order valence-corrected chi connectivity index (χ4v) is 49.8. The predicted molar refractivity (Wildman–Crippen MR) is 602 cm³/mol. The third-order valence-corrected chi connectivity index (χ3v) is 56.6. The van der Waals surface area contributed by atoms with Gasteiger partial charge in [-0.05, 0) is 611 Å². The molecule has 0 radical (unpaired) electrons. The maximum absolute atomic E-state index is 13.0. The Labute approximate surface area is 903 Å². The number of carbonyl (C=O) groups excluding carboxylic acids is 6. The molecule has 48 atom stereocenters. The minimum absolute atomic E-state index is 0. The van der Waals surface area contributed by atoms with E-state index in [-0.39, 0.29) is 84.0 Å². The van der Waals surface area contributed by atoms with Gasteiger partial charge in [-0.3, -0.25) is 28.8 Å². The second kappa shape index (κ2) is 44.0. The third-order valence-electron chi connectivity index (χ3n) is 56.6. The summed E-state index contributed by atoms with van der Waals surface area (Å²) in [6, 6.07) is 0. The number of hydrogen-bond donors (Lipinski definition) is 6. The van der Waals surface area contributed by atoms with Crippen molar-refractivity contribution in [3.8, 4) is 0 Å². The van der Waals surface area contributed by atoms with Crippen LogP contribution < -0.4 is 0 Å². The quantitative estimate of drug-likeness (QED) is 0.100. The first-order valence-electron chi connectivity index (χ1n) is 63.8. The topological polar surface area (TPSA) is 224 Å². The van der Waals surface area contributed by atoms with Crippen molar-refractivity contribution in [1.82, 2.24) is 0 Å². The molecule has 24 aliphatic rings. The second-order valence-corrected chi connectivity index (χ2v) is 60.2. The van der Waals surface area contributed by atoms with Crippen molar-refractivity contribution in [2.24, 2.45) is 248 Å². The van der Waals surface area contributed by atoms with E-state index in [0.717, 1.165) is 211 Å². The predicted octanol–water partition coefficient (Wildman–Crippen LogP) is 31.4. The maximum Gasteiger partial charge on any atom is 0.136 e. The highest BCUT2D eigenvalue weighted by molar-refractivity contribution is 5.87. The first kappa shape index (κ1) is 116. The van der Waals surface area contributed by atoms with Crippen LogP contribution in [0.4, 0.5) is 0 Å². The number of aliphatic hydroxyl groups excluding tert-OH is 6. The fourth-order valence-electron chi connectivity index (χ4n) is 49.8. The van der Waals surface area contributed by atoms with Crippen molar-refractivity contribution in [3.05, 3.63) is 24.8 Å². The van der Waals surface area contributed by atoms with E-state index < -0.39 is 0 Å². The summed E-state index contributed by atoms with van der Waals surface area (Å²) in [6.07, 6.45) is 69.3. The van der Waals surface area contributed by atoms with E-state index in [2.05, 4.69) is 102 Å². The molecule has 6 N–H and O–H groups in total. The van der Waals surface area contributed by atoms with Gasteiger partial charge >= 0.3 is 0 Å². The first-order chi connectivity index (χ1) is 69.3. The number of allylic oxidation sites excluding steroid dienone is 2. The molecule has 0 unspecified atom stereocenters. The Hall–Kier alpha value is -2.74. The van der Waals surface area contributed by atoms with Crippen molar-refractivity contribution >= 4 is 34.7 Å². The Morgan fingerprint density at radius 1 is 0.257 bits per heavy atom. The van der Waals surface area contributed by atoms with Crippen LogP contribution in [0, 0.1) is 248 Å². The van der Waals surface area contributed by atoms with Gasteiger partial charge in [-0.2, -0.15) is 0 Å². The lowest BCUT2D eigenvalue weighted by molar-refractivity contribution is -0.155. The molecular formula is C136H224O12. The summed E-state index contributed by atoms with van der Waals surface area (Å²) in [5.41, 5.74) is 3.58. The van der Waals surface area contributed by atoms with E-state index in [1.807, 2.05) is 41.5 Å². The first-order valence-corrected chi connectivity index (χ1v) is 63.8. The average molecular weight is 2050 g/mol. The summed E-state index contributed by atoms with van der Waals surface area (Å²) < 4.78 is 0. The van der Waals surface area contributed by atoms with Crippen LogP contribution in [-0.2, 0) is 28.8 Å². The van der Waals surface area contributed by atoms with Gasteiger partial charge < -0.3 is 30.6 Å². The zero-order valence-electron chi connectivity index (χ0n) is 96.3. The van der Waals surface area contributed by atoms with Crippen LogP contribution in [0.1, 0.15) is 505 Å². The summed E-state index contributed by atoms with van der Waals surface area (Å²) >= 11 is 0. The molecule has 0 bridgehead atoms. The average Bonchev–Trinajstić information content (AvgIpc) is 1.66. The van der Waals surface area contributed by atoms with Gasteiger partial charge in [-0.15, -0.1) is 6.58 Å². The Bertz CT molecular complexity index is 4460. The highest BCUT2D eigenvalue weighted by Gasteiger charge is 2.72. The molecule has 0 heterocycles. The lowest BCUT2D eigenvalue weighted by Crippen LogP contribution is -2.56. The molecule has 0 aromatic heterocycles. The van der Waals surface area contributed by atoms with Crippen LogP contribution in [0.5, 0.6) is 0 Å². The summed E-state index contributed by atoms with van der Waals surface area (Å²) in [5, 5.41) is 60.9. The summed E-state index contributed by atoms with van der Waals surface area (Å²) in [4.78, 5) is 77.1. The largest absolute Gasteiger partial charge is 0.393 e. The monoisotopic (exact) mass is 2050 g/mol. The minimum atomic E-state index is -0.107. The van der Waals surface area contributed by atoms with Gasteiger partial charge in [0, 0.05) is 32.5 Å². The number of hydrogen-bond acceptors (Lipinski definition) is 12. The number of Topliss-reactive ketones (excluding diaryl/α,β-unsaturated/α-hetero) is 6. The van der Waals surface area contributed by atoms with E-state index in [0.29, 0.717) is 162 Å². The van der Waals surface area contributed by atoms with E-state index in [9.17, 15) is 59.4 Å². The summed E-state index contributed by atoms with van der Waals surface area (Å²) in [5.74, 6) is 24.1. The maximum atomic E-state index is 13.0. The zero-order chi connectivity index (χ0) is 104. The number of ketones is 6. The van der Waals surface area contributed by atoms with Crippen molar-refractivity contribution in [2.45, 2.75) is 542 Å². The number of rotatable bonds is 12. The molecule has 24 fully saturated rings. The molecule has 24 rings (SSSR count). The standard InChI is InChI=1S/C23H38O2.C23H36O2.3C22H36O2.C22H34O2.2CH4/c2*1-14(2)19-7-8-21-18-6-5-16-13-17(25)9-11-22(16,4)20(18)10-12-23(19,21)15(3)24;4*1-4-15-6-8-20-18-7-5-16-13-17(24)9-11-21(16,3)19(18)10-12-22(15,20)14(2)23;;/h14,16-21,25H,5-13H2,1-4H3;16-21,25H,1,5-13H2,2-4H3;3*15-20,24H,4-13H2,1-3H3;4,15-20,24H,1,5-13H2,2-3H3;2*1H4/t2*16-,17+,18+,19+,20-,21-,22-,23-;4*15-,16-,17+,18+,19-,20-,21-,22-;;/m000000../s1. The van der Waals surface area contributed by atoms with E-state index in [1.54, 1.807) is 0 Å². The smallest absolute Gasteiger partial charge is 0.136 e. The van der Waals surface area contributed by atoms with E-state index in [1.165, 1.54) is 250 Å². The Balaban J connectivity index is 0.000000121. The highest BCUT2D eigenvalue weighted by atomic mass is 16.3. The number of fused-ring (bicyclic) bond motifs is 30. The van der Waals surface area contributed by atoms with E-state index in [4.69, 9.17) is 0 Å². The molecule has 12 heteroatoms. The van der Waals surface area contributed by atoms with Gasteiger partial charge in [0.15, 0.2) is 0 Å².